The van der Waals surface area contributed by atoms with E-state index >= 15 is 0 Å². The Hall–Kier alpha value is -3.31. The number of aryl methyl sites for hydroxylation is 2. The third-order valence-electron chi connectivity index (χ3n) is 5.58. The molecule has 1 N–H and O–H groups in total. The number of amides is 2. The van der Waals surface area contributed by atoms with Gasteiger partial charge in [-0.2, -0.15) is 0 Å². The van der Waals surface area contributed by atoms with Crippen LogP contribution in [0, 0.1) is 13.8 Å². The summed E-state index contributed by atoms with van der Waals surface area (Å²) in [6.45, 7) is 3.89. The van der Waals surface area contributed by atoms with Gasteiger partial charge in [-0.3, -0.25) is 14.5 Å². The number of hydrogen-bond acceptors (Lipinski definition) is 3. The van der Waals surface area contributed by atoms with Crippen molar-refractivity contribution in [2.45, 2.75) is 26.3 Å². The number of nitrogens with zero attached hydrogens (tertiary/aromatic N) is 1. The van der Waals surface area contributed by atoms with Gasteiger partial charge in [0.15, 0.2) is 0 Å². The quantitative estimate of drug-likeness (QED) is 0.597. The number of carbonyl (C=O) groups is 2. The molecule has 1 heterocycles. The maximum Gasteiger partial charge on any atom is 0.252 e. The number of anilines is 2. The first-order chi connectivity index (χ1) is 14.9. The van der Waals surface area contributed by atoms with Crippen LogP contribution in [0.3, 0.4) is 0 Å². The summed E-state index contributed by atoms with van der Waals surface area (Å²) in [6.07, 6.45) is 0.216. The molecule has 1 aliphatic rings. The predicted octanol–water partition coefficient (Wildman–Crippen LogP) is 5.23. The molecule has 0 aliphatic carbocycles. The smallest absolute Gasteiger partial charge is 0.252 e. The monoisotopic (exact) mass is 434 g/mol. The van der Waals surface area contributed by atoms with Gasteiger partial charge in [0.2, 0.25) is 5.91 Å². The second-order valence-corrected chi connectivity index (χ2v) is 8.08. The molecule has 0 bridgehead atoms. The third kappa shape index (κ3) is 4.01. The SMILES string of the molecule is COc1ccc2c(c1)CC(=O)N2C(C(=O)Nc1c(C)cccc1C)c1ccc(Cl)cc1. The van der Waals surface area contributed by atoms with Crippen LogP contribution in [0.5, 0.6) is 5.75 Å². The Morgan fingerprint density at radius 1 is 1.06 bits per heavy atom. The molecule has 31 heavy (non-hydrogen) atoms. The topological polar surface area (TPSA) is 58.6 Å². The molecule has 1 aliphatic heterocycles. The van der Waals surface area contributed by atoms with E-state index in [-0.39, 0.29) is 18.2 Å². The van der Waals surface area contributed by atoms with Crippen LogP contribution in [0.4, 0.5) is 11.4 Å². The number of rotatable bonds is 5. The van der Waals surface area contributed by atoms with E-state index in [9.17, 15) is 9.59 Å². The largest absolute Gasteiger partial charge is 0.497 e. The van der Waals surface area contributed by atoms with E-state index in [4.69, 9.17) is 16.3 Å². The van der Waals surface area contributed by atoms with Crippen molar-refractivity contribution in [1.82, 2.24) is 0 Å². The number of methoxy groups -OCH3 is 1. The highest BCUT2D eigenvalue weighted by molar-refractivity contribution is 6.30. The molecule has 2 amide bonds. The highest BCUT2D eigenvalue weighted by atomic mass is 35.5. The fraction of sp³-hybridized carbons (Fsp3) is 0.200. The average molecular weight is 435 g/mol. The molecule has 0 spiro atoms. The van der Waals surface area contributed by atoms with Crippen LogP contribution in [-0.2, 0) is 16.0 Å². The third-order valence-corrected chi connectivity index (χ3v) is 5.83. The number of halogens is 1. The van der Waals surface area contributed by atoms with E-state index in [1.165, 1.54) is 0 Å². The molecular formula is C25H23ClN2O3. The van der Waals surface area contributed by atoms with E-state index in [2.05, 4.69) is 5.32 Å². The highest BCUT2D eigenvalue weighted by Gasteiger charge is 2.38. The molecule has 0 aromatic heterocycles. The number of ether oxygens (including phenoxy) is 1. The maximum absolute atomic E-state index is 13.6. The summed E-state index contributed by atoms with van der Waals surface area (Å²) in [6, 6.07) is 17.5. The zero-order chi connectivity index (χ0) is 22.1. The Labute approximate surface area is 186 Å². The van der Waals surface area contributed by atoms with Crippen molar-refractivity contribution >= 4 is 34.8 Å². The minimum atomic E-state index is -0.835. The van der Waals surface area contributed by atoms with Crippen LogP contribution >= 0.6 is 11.6 Å². The van der Waals surface area contributed by atoms with E-state index < -0.39 is 6.04 Å². The molecule has 4 rings (SSSR count). The zero-order valence-electron chi connectivity index (χ0n) is 17.6. The Morgan fingerprint density at radius 3 is 2.39 bits per heavy atom. The van der Waals surface area contributed by atoms with Crippen molar-refractivity contribution < 1.29 is 14.3 Å². The van der Waals surface area contributed by atoms with Gasteiger partial charge in [-0.05, 0) is 66.4 Å². The lowest BCUT2D eigenvalue weighted by molar-refractivity contribution is -0.123. The Balaban J connectivity index is 1.78. The number of para-hydroxylation sites is 1. The molecule has 0 saturated carbocycles. The molecular weight excluding hydrogens is 412 g/mol. The molecule has 1 atom stereocenters. The lowest BCUT2D eigenvalue weighted by Gasteiger charge is -2.29. The van der Waals surface area contributed by atoms with Gasteiger partial charge in [-0.1, -0.05) is 41.9 Å². The summed E-state index contributed by atoms with van der Waals surface area (Å²) in [5, 5.41) is 3.62. The lowest BCUT2D eigenvalue weighted by Crippen LogP contribution is -2.39. The normalized spacial score (nSPS) is 13.7. The minimum Gasteiger partial charge on any atom is -0.497 e. The molecule has 6 heteroatoms. The van der Waals surface area contributed by atoms with E-state index in [1.54, 1.807) is 42.3 Å². The summed E-state index contributed by atoms with van der Waals surface area (Å²) in [5.74, 6) is 0.257. The van der Waals surface area contributed by atoms with Crippen LogP contribution in [0.15, 0.2) is 60.7 Å². The first-order valence-corrected chi connectivity index (χ1v) is 10.4. The molecule has 3 aromatic rings. The van der Waals surface area contributed by atoms with Crippen molar-refractivity contribution in [2.75, 3.05) is 17.3 Å². The van der Waals surface area contributed by atoms with Crippen molar-refractivity contribution in [2.24, 2.45) is 0 Å². The lowest BCUT2D eigenvalue weighted by atomic mass is 10.0. The van der Waals surface area contributed by atoms with Gasteiger partial charge in [0.25, 0.3) is 5.91 Å². The van der Waals surface area contributed by atoms with E-state index in [0.29, 0.717) is 22.0 Å². The molecule has 5 nitrogen and oxygen atoms in total. The summed E-state index contributed by atoms with van der Waals surface area (Å²) < 4.78 is 5.30. The van der Waals surface area contributed by atoms with Crippen LogP contribution in [0.25, 0.3) is 0 Å². The maximum atomic E-state index is 13.6. The van der Waals surface area contributed by atoms with Crippen LogP contribution in [0.2, 0.25) is 5.02 Å². The van der Waals surface area contributed by atoms with E-state index in [0.717, 1.165) is 22.4 Å². The van der Waals surface area contributed by atoms with Crippen LogP contribution < -0.4 is 15.0 Å². The first kappa shape index (κ1) is 20.9. The second-order valence-electron chi connectivity index (χ2n) is 7.65. The number of hydrogen-bond donors (Lipinski definition) is 1. The van der Waals surface area contributed by atoms with Crippen LogP contribution in [0.1, 0.15) is 28.3 Å². The van der Waals surface area contributed by atoms with Gasteiger partial charge in [-0.25, -0.2) is 0 Å². The number of fused-ring (bicyclic) bond motifs is 1. The van der Waals surface area contributed by atoms with Gasteiger partial charge in [0, 0.05) is 16.4 Å². The average Bonchev–Trinajstić information content (AvgIpc) is 3.07. The summed E-state index contributed by atoms with van der Waals surface area (Å²) in [4.78, 5) is 28.3. The highest BCUT2D eigenvalue weighted by Crippen LogP contribution is 2.39. The van der Waals surface area contributed by atoms with Gasteiger partial charge in [0.1, 0.15) is 11.8 Å². The fourth-order valence-electron chi connectivity index (χ4n) is 4.00. The van der Waals surface area contributed by atoms with Gasteiger partial charge in [0.05, 0.1) is 13.5 Å². The molecule has 158 valence electrons. The molecule has 0 saturated heterocycles. The van der Waals surface area contributed by atoms with Gasteiger partial charge < -0.3 is 10.1 Å². The first-order valence-electron chi connectivity index (χ1n) is 10.0. The molecule has 1 unspecified atom stereocenters. The van der Waals surface area contributed by atoms with Crippen molar-refractivity contribution in [1.29, 1.82) is 0 Å². The second kappa shape index (κ2) is 8.44. The van der Waals surface area contributed by atoms with Crippen LogP contribution in [-0.4, -0.2) is 18.9 Å². The summed E-state index contributed by atoms with van der Waals surface area (Å²) >= 11 is 6.08. The predicted molar refractivity (Wildman–Crippen MR) is 123 cm³/mol. The number of benzene rings is 3. The number of carbonyl (C=O) groups excluding carboxylic acids is 2. The van der Waals surface area contributed by atoms with Crippen molar-refractivity contribution in [3.05, 3.63) is 87.9 Å². The Morgan fingerprint density at radius 2 is 1.74 bits per heavy atom. The molecule has 3 aromatic carbocycles. The van der Waals surface area contributed by atoms with Crippen molar-refractivity contribution in [3.8, 4) is 5.75 Å². The number of nitrogens with one attached hydrogen (secondary N) is 1. The van der Waals surface area contributed by atoms with Gasteiger partial charge >= 0.3 is 0 Å². The minimum absolute atomic E-state index is 0.139. The Bertz CT molecular complexity index is 1140. The zero-order valence-corrected chi connectivity index (χ0v) is 18.4. The molecule has 0 radical (unpaired) electrons. The van der Waals surface area contributed by atoms with Crippen molar-refractivity contribution in [3.63, 3.8) is 0 Å². The summed E-state index contributed by atoms with van der Waals surface area (Å²) in [5.41, 5.74) is 4.91. The summed E-state index contributed by atoms with van der Waals surface area (Å²) in [7, 11) is 1.59. The molecule has 0 fully saturated rings. The van der Waals surface area contributed by atoms with E-state index in [1.807, 2.05) is 44.2 Å². The Kier molecular flexibility index (Phi) is 5.70. The van der Waals surface area contributed by atoms with Gasteiger partial charge in [-0.15, -0.1) is 0 Å². The fourth-order valence-corrected chi connectivity index (χ4v) is 4.12. The standard InChI is InChI=1S/C25H23ClN2O3/c1-15-5-4-6-16(2)23(15)27-25(30)24(17-7-9-19(26)10-8-17)28-21-12-11-20(31-3)13-18(21)14-22(28)29/h4-13,24H,14H2,1-3H3,(H,27,30).